The van der Waals surface area contributed by atoms with E-state index in [2.05, 4.69) is 10.0 Å². The van der Waals surface area contributed by atoms with Gasteiger partial charge >= 0.3 is 0 Å². The maximum Gasteiger partial charge on any atom is 0.242 e. The zero-order valence-corrected chi connectivity index (χ0v) is 12.5. The zero-order valence-electron chi connectivity index (χ0n) is 10.9. The van der Waals surface area contributed by atoms with E-state index in [9.17, 15) is 8.42 Å². The summed E-state index contributed by atoms with van der Waals surface area (Å²) in [5.74, 6) is 0. The molecule has 0 bridgehead atoms. The molecule has 1 aromatic carbocycles. The zero-order chi connectivity index (χ0) is 13.9. The van der Waals surface area contributed by atoms with Crippen LogP contribution in [0.5, 0.6) is 0 Å². The minimum atomic E-state index is -3.54. The van der Waals surface area contributed by atoms with Crippen LogP contribution in [0.2, 0.25) is 5.02 Å². The molecule has 0 aliphatic carbocycles. The number of aryl methyl sites for hydroxylation is 1. The molecule has 2 rings (SSSR count). The van der Waals surface area contributed by atoms with Crippen LogP contribution in [-0.2, 0) is 10.0 Å². The first kappa shape index (κ1) is 14.8. The lowest BCUT2D eigenvalue weighted by atomic mass is 10.1. The fraction of sp³-hybridized carbons (Fsp3) is 0.538. The number of rotatable bonds is 3. The third-order valence-electron chi connectivity index (χ3n) is 3.34. The molecule has 1 saturated heterocycles. The summed E-state index contributed by atoms with van der Waals surface area (Å²) in [6.45, 7) is 3.59. The van der Waals surface area contributed by atoms with Crippen molar-refractivity contribution >= 4 is 21.6 Å². The van der Waals surface area contributed by atoms with Gasteiger partial charge in [-0.05, 0) is 50.9 Å². The highest BCUT2D eigenvalue weighted by molar-refractivity contribution is 7.89. The number of benzene rings is 1. The fourth-order valence-electron chi connectivity index (χ4n) is 2.25. The Bertz CT molecular complexity index is 538. The summed E-state index contributed by atoms with van der Waals surface area (Å²) in [6.07, 6.45) is 2.65. The lowest BCUT2D eigenvalue weighted by Crippen LogP contribution is -2.35. The van der Waals surface area contributed by atoms with Crippen LogP contribution in [0.1, 0.15) is 24.8 Å². The second-order valence-electron chi connectivity index (χ2n) is 4.89. The molecule has 106 valence electrons. The van der Waals surface area contributed by atoms with Crippen LogP contribution in [-0.4, -0.2) is 27.5 Å². The van der Waals surface area contributed by atoms with Gasteiger partial charge in [-0.1, -0.05) is 23.7 Å². The van der Waals surface area contributed by atoms with Gasteiger partial charge in [0.25, 0.3) is 0 Å². The van der Waals surface area contributed by atoms with Crippen molar-refractivity contribution < 1.29 is 8.42 Å². The van der Waals surface area contributed by atoms with Crippen molar-refractivity contribution in [1.82, 2.24) is 10.0 Å². The molecule has 1 unspecified atom stereocenters. The molecule has 0 radical (unpaired) electrons. The number of hydrogen-bond acceptors (Lipinski definition) is 3. The third-order valence-corrected chi connectivity index (χ3v) is 5.52. The molecular formula is C13H19ClN2O2S. The minimum Gasteiger partial charge on any atom is -0.317 e. The fourth-order valence-corrected chi connectivity index (χ4v) is 4.13. The van der Waals surface area contributed by atoms with E-state index in [1.54, 1.807) is 25.1 Å². The van der Waals surface area contributed by atoms with E-state index in [4.69, 9.17) is 11.6 Å². The van der Waals surface area contributed by atoms with Gasteiger partial charge in [0.2, 0.25) is 10.0 Å². The Labute approximate surface area is 119 Å². The topological polar surface area (TPSA) is 58.2 Å². The third kappa shape index (κ3) is 3.69. The van der Waals surface area contributed by atoms with E-state index in [1.807, 2.05) is 0 Å². The van der Waals surface area contributed by atoms with Gasteiger partial charge in [0.1, 0.15) is 4.90 Å². The lowest BCUT2D eigenvalue weighted by molar-refractivity contribution is 0.518. The van der Waals surface area contributed by atoms with E-state index >= 15 is 0 Å². The second kappa shape index (κ2) is 6.22. The van der Waals surface area contributed by atoms with E-state index in [0.717, 1.165) is 37.9 Å². The van der Waals surface area contributed by atoms with Gasteiger partial charge in [0.05, 0.1) is 5.02 Å². The van der Waals surface area contributed by atoms with Gasteiger partial charge in [-0.25, -0.2) is 13.1 Å². The van der Waals surface area contributed by atoms with E-state index < -0.39 is 10.0 Å². The number of sulfonamides is 1. The molecule has 4 nitrogen and oxygen atoms in total. The highest BCUT2D eigenvalue weighted by atomic mass is 35.5. The molecule has 2 N–H and O–H groups in total. The Morgan fingerprint density at radius 2 is 2.11 bits per heavy atom. The van der Waals surface area contributed by atoms with Crippen molar-refractivity contribution in [3.05, 3.63) is 28.8 Å². The van der Waals surface area contributed by atoms with Crippen molar-refractivity contribution in [3.63, 3.8) is 0 Å². The molecule has 1 atom stereocenters. The van der Waals surface area contributed by atoms with Crippen molar-refractivity contribution in [2.75, 3.05) is 13.1 Å². The standard InChI is InChI=1S/C13H19ClN2O2S/c1-10-4-2-6-12(13(10)14)19(17,18)16-11-5-3-8-15-9-7-11/h2,4,6,11,15-16H,3,5,7-9H2,1H3. The molecule has 19 heavy (non-hydrogen) atoms. The number of nitrogens with one attached hydrogen (secondary N) is 2. The van der Waals surface area contributed by atoms with Crippen molar-refractivity contribution in [1.29, 1.82) is 0 Å². The largest absolute Gasteiger partial charge is 0.317 e. The van der Waals surface area contributed by atoms with Gasteiger partial charge in [-0.15, -0.1) is 0 Å². The van der Waals surface area contributed by atoms with Gasteiger partial charge in [-0.2, -0.15) is 0 Å². The predicted octanol–water partition coefficient (Wildman–Crippen LogP) is 2.07. The van der Waals surface area contributed by atoms with E-state index in [0.29, 0.717) is 5.02 Å². The average Bonchev–Trinajstić information content (AvgIpc) is 2.60. The van der Waals surface area contributed by atoms with Crippen LogP contribution in [0.3, 0.4) is 0 Å². The van der Waals surface area contributed by atoms with Crippen molar-refractivity contribution in [2.45, 2.75) is 37.1 Å². The Balaban J connectivity index is 2.19. The summed E-state index contributed by atoms with van der Waals surface area (Å²) in [7, 11) is -3.54. The number of hydrogen-bond donors (Lipinski definition) is 2. The maximum atomic E-state index is 12.4. The molecule has 1 aliphatic heterocycles. The Hall–Kier alpha value is -0.620. The van der Waals surface area contributed by atoms with Crippen LogP contribution in [0.4, 0.5) is 0 Å². The molecule has 1 aromatic rings. The van der Waals surface area contributed by atoms with E-state index in [1.165, 1.54) is 0 Å². The SMILES string of the molecule is Cc1cccc(S(=O)(=O)NC2CCCNCC2)c1Cl. The summed E-state index contributed by atoms with van der Waals surface area (Å²) >= 11 is 6.10. The van der Waals surface area contributed by atoms with Crippen molar-refractivity contribution in [3.8, 4) is 0 Å². The van der Waals surface area contributed by atoms with Gasteiger partial charge in [0.15, 0.2) is 0 Å². The Morgan fingerprint density at radius 3 is 2.89 bits per heavy atom. The molecule has 1 fully saturated rings. The van der Waals surface area contributed by atoms with Crippen LogP contribution in [0.25, 0.3) is 0 Å². The predicted molar refractivity (Wildman–Crippen MR) is 77.0 cm³/mol. The molecule has 0 saturated carbocycles. The average molecular weight is 303 g/mol. The first-order chi connectivity index (χ1) is 9.00. The molecule has 0 aromatic heterocycles. The molecule has 1 heterocycles. The smallest absolute Gasteiger partial charge is 0.242 e. The second-order valence-corrected chi connectivity index (χ2v) is 6.95. The molecular weight excluding hydrogens is 284 g/mol. The van der Waals surface area contributed by atoms with Crippen LogP contribution >= 0.6 is 11.6 Å². The summed E-state index contributed by atoms with van der Waals surface area (Å²) in [4.78, 5) is 0.173. The summed E-state index contributed by atoms with van der Waals surface area (Å²) in [5, 5.41) is 3.57. The lowest BCUT2D eigenvalue weighted by Gasteiger charge is -2.17. The van der Waals surface area contributed by atoms with Crippen LogP contribution < -0.4 is 10.0 Å². The van der Waals surface area contributed by atoms with Gasteiger partial charge < -0.3 is 5.32 Å². The quantitative estimate of drug-likeness (QED) is 0.898. The molecule has 0 spiro atoms. The number of halogens is 1. The molecule has 1 aliphatic rings. The summed E-state index contributed by atoms with van der Waals surface area (Å²) in [5.41, 5.74) is 0.770. The van der Waals surface area contributed by atoms with E-state index in [-0.39, 0.29) is 10.9 Å². The van der Waals surface area contributed by atoms with Crippen molar-refractivity contribution in [2.24, 2.45) is 0 Å². The minimum absolute atomic E-state index is 0.0171. The molecule has 6 heteroatoms. The normalized spacial score (nSPS) is 21.1. The maximum absolute atomic E-state index is 12.4. The van der Waals surface area contributed by atoms with Gasteiger partial charge in [0, 0.05) is 6.04 Å². The Morgan fingerprint density at radius 1 is 1.32 bits per heavy atom. The highest BCUT2D eigenvalue weighted by Crippen LogP contribution is 2.25. The first-order valence-corrected chi connectivity index (χ1v) is 8.35. The van der Waals surface area contributed by atoms with Gasteiger partial charge in [-0.3, -0.25) is 0 Å². The molecule has 0 amide bonds. The first-order valence-electron chi connectivity index (χ1n) is 6.49. The summed E-state index contributed by atoms with van der Waals surface area (Å²) < 4.78 is 27.5. The van der Waals surface area contributed by atoms with Crippen LogP contribution in [0.15, 0.2) is 23.1 Å². The summed E-state index contributed by atoms with van der Waals surface area (Å²) in [6, 6.07) is 5.05. The van der Waals surface area contributed by atoms with Crippen LogP contribution in [0, 0.1) is 6.92 Å². The highest BCUT2D eigenvalue weighted by Gasteiger charge is 2.23. The monoisotopic (exact) mass is 302 g/mol. The Kier molecular flexibility index (Phi) is 4.84.